The fraction of sp³-hybridized carbons (Fsp3) is 0.300. The minimum Gasteiger partial charge on any atom is -0.324 e. The molecule has 0 saturated heterocycles. The summed E-state index contributed by atoms with van der Waals surface area (Å²) in [6.07, 6.45) is 3.31. The van der Waals surface area contributed by atoms with Crippen molar-refractivity contribution in [3.8, 4) is 0 Å². The first-order chi connectivity index (χ1) is 7.15. The van der Waals surface area contributed by atoms with Crippen LogP contribution in [-0.4, -0.2) is 27.2 Å². The fourth-order valence-electron chi connectivity index (χ4n) is 1.12. The molecule has 82 valence electrons. The molecular formula is C10H13NO2S2. The number of nitrogens with one attached hydrogen (secondary N) is 1. The molecule has 0 aromatic heterocycles. The Bertz CT molecular complexity index is 354. The maximum Gasteiger partial charge on any atom is 0.250 e. The quantitative estimate of drug-likeness (QED) is 0.875. The second-order valence-corrected chi connectivity index (χ2v) is 5.63. The Balaban J connectivity index is 2.66. The second-order valence-electron chi connectivity index (χ2n) is 2.92. The number of anilines is 1. The van der Waals surface area contributed by atoms with Crippen molar-refractivity contribution in [3.05, 3.63) is 30.3 Å². The SMILES string of the molecule is CSC(C(=O)Nc1ccccc1)S(C)=O. The van der Waals surface area contributed by atoms with Crippen molar-refractivity contribution in [2.24, 2.45) is 0 Å². The van der Waals surface area contributed by atoms with Gasteiger partial charge in [-0.15, -0.1) is 11.8 Å². The van der Waals surface area contributed by atoms with Crippen LogP contribution in [0, 0.1) is 0 Å². The summed E-state index contributed by atoms with van der Waals surface area (Å²) in [6.45, 7) is 0. The number of rotatable bonds is 4. The number of hydrogen-bond donors (Lipinski definition) is 1. The minimum atomic E-state index is -1.16. The topological polar surface area (TPSA) is 46.2 Å². The van der Waals surface area contributed by atoms with Crippen LogP contribution in [0.4, 0.5) is 5.69 Å². The minimum absolute atomic E-state index is 0.213. The fourth-order valence-corrected chi connectivity index (χ4v) is 2.83. The number of carbonyl (C=O) groups excluding carboxylic acids is 1. The molecule has 0 fully saturated rings. The molecule has 1 amide bonds. The molecule has 15 heavy (non-hydrogen) atoms. The molecule has 1 rings (SSSR count). The highest BCUT2D eigenvalue weighted by molar-refractivity contribution is 8.11. The van der Waals surface area contributed by atoms with Crippen molar-refractivity contribution in [1.82, 2.24) is 0 Å². The van der Waals surface area contributed by atoms with Crippen LogP contribution in [0.25, 0.3) is 0 Å². The van der Waals surface area contributed by atoms with Crippen molar-refractivity contribution in [1.29, 1.82) is 0 Å². The number of amides is 1. The third-order valence-electron chi connectivity index (χ3n) is 1.77. The van der Waals surface area contributed by atoms with Crippen LogP contribution in [0.1, 0.15) is 0 Å². The predicted octanol–water partition coefficient (Wildman–Crippen LogP) is 1.69. The van der Waals surface area contributed by atoms with Gasteiger partial charge >= 0.3 is 0 Å². The Morgan fingerprint density at radius 2 is 2.00 bits per heavy atom. The van der Waals surface area contributed by atoms with Crippen LogP contribution >= 0.6 is 11.8 Å². The van der Waals surface area contributed by atoms with Gasteiger partial charge in [0.05, 0.1) is 0 Å². The summed E-state index contributed by atoms with van der Waals surface area (Å²) in [4.78, 5) is 11.7. The Kier molecular flexibility index (Phi) is 4.84. The van der Waals surface area contributed by atoms with Gasteiger partial charge in [0.2, 0.25) is 5.91 Å². The van der Waals surface area contributed by atoms with E-state index in [-0.39, 0.29) is 5.91 Å². The zero-order valence-corrected chi connectivity index (χ0v) is 10.2. The molecule has 2 atom stereocenters. The zero-order chi connectivity index (χ0) is 11.3. The first-order valence-electron chi connectivity index (χ1n) is 4.36. The number of benzene rings is 1. The molecule has 0 heterocycles. The zero-order valence-electron chi connectivity index (χ0n) is 8.60. The van der Waals surface area contributed by atoms with Gasteiger partial charge in [0.1, 0.15) is 0 Å². The van der Waals surface area contributed by atoms with Crippen LogP contribution in [0.15, 0.2) is 30.3 Å². The lowest BCUT2D eigenvalue weighted by atomic mass is 10.3. The summed E-state index contributed by atoms with van der Waals surface area (Å²) in [6, 6.07) is 9.15. The lowest BCUT2D eigenvalue weighted by Crippen LogP contribution is -2.28. The van der Waals surface area contributed by atoms with E-state index in [0.29, 0.717) is 0 Å². The van der Waals surface area contributed by atoms with E-state index in [1.54, 1.807) is 18.4 Å². The van der Waals surface area contributed by atoms with Crippen LogP contribution in [-0.2, 0) is 15.6 Å². The third kappa shape index (κ3) is 3.68. The van der Waals surface area contributed by atoms with Crippen molar-refractivity contribution >= 4 is 34.2 Å². The van der Waals surface area contributed by atoms with Gasteiger partial charge < -0.3 is 5.32 Å². The Hall–Kier alpha value is -0.810. The van der Waals surface area contributed by atoms with E-state index in [4.69, 9.17) is 0 Å². The Morgan fingerprint density at radius 3 is 2.47 bits per heavy atom. The van der Waals surface area contributed by atoms with Crippen LogP contribution in [0.5, 0.6) is 0 Å². The highest BCUT2D eigenvalue weighted by Crippen LogP contribution is 2.13. The second kappa shape index (κ2) is 5.92. The van der Waals surface area contributed by atoms with E-state index in [1.165, 1.54) is 18.0 Å². The van der Waals surface area contributed by atoms with E-state index >= 15 is 0 Å². The highest BCUT2D eigenvalue weighted by Gasteiger charge is 2.20. The maximum atomic E-state index is 11.7. The Morgan fingerprint density at radius 1 is 1.40 bits per heavy atom. The summed E-state index contributed by atoms with van der Waals surface area (Å²) >= 11 is 1.29. The van der Waals surface area contributed by atoms with Gasteiger partial charge in [-0.05, 0) is 18.4 Å². The molecular weight excluding hydrogens is 230 g/mol. The number of hydrogen-bond acceptors (Lipinski definition) is 3. The molecule has 2 unspecified atom stereocenters. The van der Waals surface area contributed by atoms with Gasteiger partial charge in [-0.25, -0.2) is 0 Å². The molecule has 0 aliphatic heterocycles. The van der Waals surface area contributed by atoms with Crippen molar-refractivity contribution in [3.63, 3.8) is 0 Å². The predicted molar refractivity (Wildman–Crippen MR) is 66.4 cm³/mol. The lowest BCUT2D eigenvalue weighted by molar-refractivity contribution is -0.114. The summed E-state index contributed by atoms with van der Waals surface area (Å²) in [5.41, 5.74) is 0.729. The number of para-hydroxylation sites is 1. The van der Waals surface area contributed by atoms with Crippen molar-refractivity contribution in [2.75, 3.05) is 17.8 Å². The summed E-state index contributed by atoms with van der Waals surface area (Å²) in [5, 5.41) is 2.72. The van der Waals surface area contributed by atoms with Crippen LogP contribution < -0.4 is 5.32 Å². The summed E-state index contributed by atoms with van der Waals surface area (Å²) in [5.74, 6) is -0.213. The Labute approximate surface area is 96.1 Å². The van der Waals surface area contributed by atoms with Gasteiger partial charge in [0, 0.05) is 22.7 Å². The van der Waals surface area contributed by atoms with Gasteiger partial charge in [-0.2, -0.15) is 0 Å². The van der Waals surface area contributed by atoms with Crippen molar-refractivity contribution < 1.29 is 9.00 Å². The molecule has 1 aromatic rings. The molecule has 3 nitrogen and oxygen atoms in total. The van der Waals surface area contributed by atoms with E-state index in [9.17, 15) is 9.00 Å². The summed E-state index contributed by atoms with van der Waals surface area (Å²) in [7, 11) is -1.16. The molecule has 5 heteroatoms. The first-order valence-corrected chi connectivity index (χ1v) is 7.27. The lowest BCUT2D eigenvalue weighted by Gasteiger charge is -2.11. The molecule has 0 saturated carbocycles. The molecule has 0 bridgehead atoms. The average Bonchev–Trinajstić information content (AvgIpc) is 2.19. The standard InChI is InChI=1S/C10H13NO2S2/c1-14-10(15(2)13)9(12)11-8-6-4-3-5-7-8/h3-7,10H,1-2H3,(H,11,12). The van der Waals surface area contributed by atoms with Crippen molar-refractivity contribution in [2.45, 2.75) is 4.58 Å². The monoisotopic (exact) mass is 243 g/mol. The van der Waals surface area contributed by atoms with Gasteiger partial charge in [-0.3, -0.25) is 9.00 Å². The van der Waals surface area contributed by atoms with E-state index in [1.807, 2.05) is 18.2 Å². The number of thioether (sulfide) groups is 1. The molecule has 1 N–H and O–H groups in total. The molecule has 0 aliphatic rings. The molecule has 0 radical (unpaired) electrons. The van der Waals surface area contributed by atoms with E-state index in [2.05, 4.69) is 5.32 Å². The normalized spacial score (nSPS) is 14.3. The van der Waals surface area contributed by atoms with E-state index < -0.39 is 15.4 Å². The van der Waals surface area contributed by atoms with Gasteiger partial charge in [-0.1, -0.05) is 18.2 Å². The maximum absolute atomic E-state index is 11.7. The van der Waals surface area contributed by atoms with Crippen LogP contribution in [0.3, 0.4) is 0 Å². The average molecular weight is 243 g/mol. The molecule has 0 spiro atoms. The third-order valence-corrected chi connectivity index (χ3v) is 4.62. The van der Waals surface area contributed by atoms with Gasteiger partial charge in [0.25, 0.3) is 0 Å². The summed E-state index contributed by atoms with van der Waals surface area (Å²) < 4.78 is 10.7. The van der Waals surface area contributed by atoms with E-state index in [0.717, 1.165) is 5.69 Å². The molecule has 1 aromatic carbocycles. The highest BCUT2D eigenvalue weighted by atomic mass is 32.2. The smallest absolute Gasteiger partial charge is 0.250 e. The van der Waals surface area contributed by atoms with Crippen LogP contribution in [0.2, 0.25) is 0 Å². The largest absolute Gasteiger partial charge is 0.324 e. The first kappa shape index (κ1) is 12.3. The molecule has 0 aliphatic carbocycles. The number of carbonyl (C=O) groups is 1. The van der Waals surface area contributed by atoms with Gasteiger partial charge in [0.15, 0.2) is 4.58 Å².